The number of rotatable bonds is 5. The van der Waals surface area contributed by atoms with E-state index in [2.05, 4.69) is 31.2 Å². The summed E-state index contributed by atoms with van der Waals surface area (Å²) < 4.78 is 13.0. The van der Waals surface area contributed by atoms with Crippen LogP contribution in [0.1, 0.15) is 54.0 Å². The summed E-state index contributed by atoms with van der Waals surface area (Å²) in [6.45, 7) is 13.6. The van der Waals surface area contributed by atoms with Crippen molar-refractivity contribution in [2.45, 2.75) is 71.7 Å². The van der Waals surface area contributed by atoms with Crippen LogP contribution in [0.15, 0.2) is 12.3 Å². The Morgan fingerprint density at radius 2 is 2.16 bits per heavy atom. The second-order valence-corrected chi connectivity index (χ2v) is 7.96. The number of carbonyl (C=O) groups is 1. The summed E-state index contributed by atoms with van der Waals surface area (Å²) >= 11 is 0. The average molecular weight is 352 g/mol. The van der Waals surface area contributed by atoms with E-state index in [1.54, 1.807) is 4.90 Å². The Morgan fingerprint density at radius 3 is 2.76 bits per heavy atom. The van der Waals surface area contributed by atoms with Crippen molar-refractivity contribution in [1.82, 2.24) is 14.7 Å². The van der Waals surface area contributed by atoms with Gasteiger partial charge >= 0.3 is 6.09 Å². The van der Waals surface area contributed by atoms with E-state index in [0.29, 0.717) is 25.8 Å². The van der Waals surface area contributed by atoms with Crippen LogP contribution in [-0.4, -0.2) is 58.2 Å². The molecule has 2 rings (SSSR count). The summed E-state index contributed by atoms with van der Waals surface area (Å²) in [5, 5.41) is 7.92. The van der Waals surface area contributed by atoms with Crippen LogP contribution in [0.5, 0.6) is 0 Å². The van der Waals surface area contributed by atoms with Gasteiger partial charge in [0.2, 0.25) is 0 Å². The van der Waals surface area contributed by atoms with Gasteiger partial charge in [-0.2, -0.15) is 5.10 Å². The fraction of sp³-hybridized carbons (Fsp3) is 0.778. The highest BCUT2D eigenvalue weighted by Crippen LogP contribution is 2.19. The first kappa shape index (κ1) is 19.6. The van der Waals surface area contributed by atoms with Gasteiger partial charge in [-0.3, -0.25) is 4.68 Å². The SMILES string of the molecule is CC(CC1COCCN1C(=O)OC(C)(C)C)Nc1ccn(C(C)C)n1. The normalized spacial score (nSPS) is 19.8. The van der Waals surface area contributed by atoms with E-state index >= 15 is 0 Å². The van der Waals surface area contributed by atoms with E-state index in [-0.39, 0.29) is 18.2 Å². The molecule has 0 aliphatic carbocycles. The van der Waals surface area contributed by atoms with Crippen molar-refractivity contribution in [1.29, 1.82) is 0 Å². The number of nitrogens with one attached hydrogen (secondary N) is 1. The number of morpholine rings is 1. The molecule has 1 N–H and O–H groups in total. The van der Waals surface area contributed by atoms with E-state index < -0.39 is 5.60 Å². The first-order valence-corrected chi connectivity index (χ1v) is 9.05. The van der Waals surface area contributed by atoms with E-state index in [1.165, 1.54) is 0 Å². The predicted octanol–water partition coefficient (Wildman–Crippen LogP) is 3.29. The van der Waals surface area contributed by atoms with Crippen LogP contribution >= 0.6 is 0 Å². The molecule has 1 aromatic rings. The number of nitrogens with zero attached hydrogens (tertiary/aromatic N) is 3. The zero-order valence-electron chi connectivity index (χ0n) is 16.3. The molecule has 0 spiro atoms. The highest BCUT2D eigenvalue weighted by Gasteiger charge is 2.32. The highest BCUT2D eigenvalue weighted by atomic mass is 16.6. The van der Waals surface area contributed by atoms with E-state index in [4.69, 9.17) is 9.47 Å². The molecule has 1 fully saturated rings. The number of anilines is 1. The molecule has 0 saturated carbocycles. The summed E-state index contributed by atoms with van der Waals surface area (Å²) in [7, 11) is 0. The second kappa shape index (κ2) is 8.08. The molecule has 1 aliphatic rings. The summed E-state index contributed by atoms with van der Waals surface area (Å²) in [5.74, 6) is 0.849. The van der Waals surface area contributed by atoms with Crippen molar-refractivity contribution in [2.75, 3.05) is 25.1 Å². The molecule has 0 radical (unpaired) electrons. The molecule has 142 valence electrons. The molecule has 7 nitrogen and oxygen atoms in total. The molecular formula is C18H32N4O3. The third-order valence-electron chi connectivity index (χ3n) is 4.01. The maximum absolute atomic E-state index is 12.5. The molecule has 2 unspecified atom stereocenters. The average Bonchev–Trinajstić information content (AvgIpc) is 2.94. The topological polar surface area (TPSA) is 68.6 Å². The molecule has 1 amide bonds. The number of aromatic nitrogens is 2. The van der Waals surface area contributed by atoms with Gasteiger partial charge in [0.25, 0.3) is 0 Å². The third kappa shape index (κ3) is 5.92. The van der Waals surface area contributed by atoms with Gasteiger partial charge in [-0.1, -0.05) is 0 Å². The third-order valence-corrected chi connectivity index (χ3v) is 4.01. The Kier molecular flexibility index (Phi) is 6.32. The minimum atomic E-state index is -0.493. The molecule has 25 heavy (non-hydrogen) atoms. The summed E-state index contributed by atoms with van der Waals surface area (Å²) in [6, 6.07) is 2.46. The van der Waals surface area contributed by atoms with Crippen molar-refractivity contribution >= 4 is 11.9 Å². The minimum Gasteiger partial charge on any atom is -0.444 e. The Morgan fingerprint density at radius 1 is 1.44 bits per heavy atom. The highest BCUT2D eigenvalue weighted by molar-refractivity contribution is 5.68. The van der Waals surface area contributed by atoms with Gasteiger partial charge in [0.15, 0.2) is 0 Å². The predicted molar refractivity (Wildman–Crippen MR) is 97.9 cm³/mol. The van der Waals surface area contributed by atoms with Gasteiger partial charge in [-0.25, -0.2) is 4.79 Å². The fourth-order valence-electron chi connectivity index (χ4n) is 2.83. The van der Waals surface area contributed by atoms with Crippen LogP contribution in [0.3, 0.4) is 0 Å². The van der Waals surface area contributed by atoms with Gasteiger partial charge in [-0.15, -0.1) is 0 Å². The minimum absolute atomic E-state index is 0.00159. The largest absolute Gasteiger partial charge is 0.444 e. The maximum Gasteiger partial charge on any atom is 0.410 e. The van der Waals surface area contributed by atoms with Crippen molar-refractivity contribution in [3.8, 4) is 0 Å². The molecular weight excluding hydrogens is 320 g/mol. The first-order valence-electron chi connectivity index (χ1n) is 9.05. The van der Waals surface area contributed by atoms with Crippen LogP contribution in [0.25, 0.3) is 0 Å². The Bertz CT molecular complexity index is 565. The van der Waals surface area contributed by atoms with Gasteiger partial charge in [0.05, 0.1) is 19.3 Å². The summed E-state index contributed by atoms with van der Waals surface area (Å²) in [5.41, 5.74) is -0.493. The quantitative estimate of drug-likeness (QED) is 0.881. The number of hydrogen-bond acceptors (Lipinski definition) is 5. The lowest BCUT2D eigenvalue weighted by Gasteiger charge is -2.37. The molecule has 0 aromatic carbocycles. The number of amides is 1. The van der Waals surface area contributed by atoms with E-state index in [0.717, 1.165) is 12.2 Å². The number of hydrogen-bond donors (Lipinski definition) is 1. The zero-order valence-corrected chi connectivity index (χ0v) is 16.3. The summed E-state index contributed by atoms with van der Waals surface area (Å²) in [4.78, 5) is 14.2. The lowest BCUT2D eigenvalue weighted by molar-refractivity contribution is -0.0345. The van der Waals surface area contributed by atoms with Gasteiger partial charge in [-0.05, 0) is 48.0 Å². The van der Waals surface area contributed by atoms with Crippen LogP contribution in [0, 0.1) is 0 Å². The fourth-order valence-corrected chi connectivity index (χ4v) is 2.83. The second-order valence-electron chi connectivity index (χ2n) is 7.96. The monoisotopic (exact) mass is 352 g/mol. The molecule has 1 saturated heterocycles. The van der Waals surface area contributed by atoms with Crippen LogP contribution in [0.4, 0.5) is 10.6 Å². The van der Waals surface area contributed by atoms with Crippen LogP contribution in [-0.2, 0) is 9.47 Å². The maximum atomic E-state index is 12.5. The van der Waals surface area contributed by atoms with Crippen molar-refractivity contribution < 1.29 is 14.3 Å². The lowest BCUT2D eigenvalue weighted by atomic mass is 10.1. The number of ether oxygens (including phenoxy) is 2. The smallest absolute Gasteiger partial charge is 0.410 e. The van der Waals surface area contributed by atoms with Crippen molar-refractivity contribution in [3.05, 3.63) is 12.3 Å². The lowest BCUT2D eigenvalue weighted by Crippen LogP contribution is -2.51. The van der Waals surface area contributed by atoms with Crippen LogP contribution in [0.2, 0.25) is 0 Å². The Hall–Kier alpha value is -1.76. The van der Waals surface area contributed by atoms with Gasteiger partial charge in [0.1, 0.15) is 11.4 Å². The molecule has 1 aliphatic heterocycles. The molecule has 2 atom stereocenters. The Labute approximate surface area is 150 Å². The zero-order chi connectivity index (χ0) is 18.6. The van der Waals surface area contributed by atoms with Crippen molar-refractivity contribution in [3.63, 3.8) is 0 Å². The Balaban J connectivity index is 1.94. The molecule has 7 heteroatoms. The van der Waals surface area contributed by atoms with Gasteiger partial charge in [0, 0.05) is 30.9 Å². The summed E-state index contributed by atoms with van der Waals surface area (Å²) in [6.07, 6.45) is 2.47. The van der Waals surface area contributed by atoms with Crippen LogP contribution < -0.4 is 5.32 Å². The van der Waals surface area contributed by atoms with E-state index in [9.17, 15) is 4.79 Å². The number of carbonyl (C=O) groups excluding carboxylic acids is 1. The standard InChI is InChI=1S/C18H32N4O3/c1-13(2)22-8-7-16(20-22)19-14(3)11-15-12-24-10-9-21(15)17(23)25-18(4,5)6/h7-8,13-15H,9-12H2,1-6H3,(H,19,20). The first-order chi connectivity index (χ1) is 11.7. The van der Waals surface area contributed by atoms with Crippen molar-refractivity contribution in [2.24, 2.45) is 0 Å². The molecule has 0 bridgehead atoms. The van der Waals surface area contributed by atoms with E-state index in [1.807, 2.05) is 37.7 Å². The van der Waals surface area contributed by atoms with Gasteiger partial charge < -0.3 is 19.7 Å². The molecule has 1 aromatic heterocycles. The molecule has 2 heterocycles.